The summed E-state index contributed by atoms with van der Waals surface area (Å²) < 4.78 is 7.35. The molecule has 0 amide bonds. The van der Waals surface area contributed by atoms with E-state index < -0.39 is 4.92 Å². The summed E-state index contributed by atoms with van der Waals surface area (Å²) in [4.78, 5) is 30.4. The van der Waals surface area contributed by atoms with Crippen LogP contribution in [0.4, 0.5) is 5.69 Å². The van der Waals surface area contributed by atoms with Gasteiger partial charge in [0.25, 0.3) is 11.2 Å². The Morgan fingerprint density at radius 1 is 1.28 bits per heavy atom. The third-order valence-electron chi connectivity index (χ3n) is 5.22. The number of aryl methyl sites for hydroxylation is 2. The van der Waals surface area contributed by atoms with Crippen LogP contribution in [0.1, 0.15) is 22.8 Å². The number of hydrogen-bond donors (Lipinski definition) is 0. The second kappa shape index (κ2) is 8.32. The van der Waals surface area contributed by atoms with E-state index in [1.165, 1.54) is 28.8 Å². The lowest BCUT2D eigenvalue weighted by molar-refractivity contribution is -0.384. The molecule has 0 radical (unpaired) electrons. The van der Waals surface area contributed by atoms with Crippen LogP contribution in [-0.4, -0.2) is 24.7 Å². The first-order valence-electron chi connectivity index (χ1n) is 9.91. The Hall–Kier alpha value is -3.31. The molecule has 0 unspecified atom stereocenters. The van der Waals surface area contributed by atoms with Gasteiger partial charge in [-0.3, -0.25) is 19.5 Å². The summed E-state index contributed by atoms with van der Waals surface area (Å²) in [7, 11) is 0. The summed E-state index contributed by atoms with van der Waals surface area (Å²) in [5, 5.41) is 20.2. The number of nitro groups is 1. The fourth-order valence-electron chi connectivity index (χ4n) is 3.74. The van der Waals surface area contributed by atoms with Crippen molar-refractivity contribution in [1.82, 2.24) is 19.7 Å². The molecule has 0 aliphatic heterocycles. The molecule has 11 heteroatoms. The highest BCUT2D eigenvalue weighted by atomic mass is 32.2. The molecule has 0 atom stereocenters. The lowest BCUT2D eigenvalue weighted by Crippen LogP contribution is -2.22. The largest absolute Gasteiger partial charge is 0.420 e. The summed E-state index contributed by atoms with van der Waals surface area (Å²) in [6.45, 7) is 4.14. The molecule has 0 bridgehead atoms. The van der Waals surface area contributed by atoms with E-state index in [1.807, 2.05) is 0 Å². The lowest BCUT2D eigenvalue weighted by Gasteiger charge is -2.09. The minimum absolute atomic E-state index is 0.00902. The first kappa shape index (κ1) is 20.6. The zero-order valence-corrected chi connectivity index (χ0v) is 18.4. The molecule has 3 aromatic heterocycles. The summed E-state index contributed by atoms with van der Waals surface area (Å²) in [5.74, 6) is 0.980. The minimum atomic E-state index is -0.464. The highest BCUT2D eigenvalue weighted by molar-refractivity contribution is 7.98. The average Bonchev–Trinajstić information content (AvgIpc) is 3.50. The van der Waals surface area contributed by atoms with Crippen molar-refractivity contribution in [1.29, 1.82) is 0 Å². The smallest absolute Gasteiger partial charge is 0.269 e. The number of fused-ring (bicyclic) bond motifs is 3. The molecule has 4 aromatic rings. The van der Waals surface area contributed by atoms with Crippen LogP contribution in [0.15, 0.2) is 51.3 Å². The molecule has 0 spiro atoms. The van der Waals surface area contributed by atoms with E-state index in [4.69, 9.17) is 9.40 Å². The van der Waals surface area contributed by atoms with E-state index in [0.717, 1.165) is 35.0 Å². The minimum Gasteiger partial charge on any atom is -0.420 e. The zero-order valence-electron chi connectivity index (χ0n) is 16.8. The third kappa shape index (κ3) is 3.63. The van der Waals surface area contributed by atoms with Gasteiger partial charge in [-0.15, -0.1) is 28.1 Å². The number of benzene rings is 1. The number of allylic oxidation sites excluding steroid dienone is 1. The van der Waals surface area contributed by atoms with Gasteiger partial charge in [0.05, 0.1) is 16.1 Å². The van der Waals surface area contributed by atoms with Gasteiger partial charge in [-0.2, -0.15) is 0 Å². The SMILES string of the molecule is C=CCn1c(SCc2nnc(-c3ccc([N+](=O)[O-])cc3)o2)nc2sc3c(c2c1=O)CCC3. The predicted octanol–water partition coefficient (Wildman–Crippen LogP) is 4.38. The summed E-state index contributed by atoms with van der Waals surface area (Å²) >= 11 is 2.95. The summed E-state index contributed by atoms with van der Waals surface area (Å²) in [6.07, 6.45) is 4.71. The van der Waals surface area contributed by atoms with Gasteiger partial charge in [-0.1, -0.05) is 17.8 Å². The van der Waals surface area contributed by atoms with Crippen molar-refractivity contribution in [2.75, 3.05) is 0 Å². The third-order valence-corrected chi connectivity index (χ3v) is 7.37. The molecule has 162 valence electrons. The highest BCUT2D eigenvalue weighted by Gasteiger charge is 2.23. The summed E-state index contributed by atoms with van der Waals surface area (Å²) in [6, 6.07) is 5.91. The number of rotatable bonds is 7. The number of aromatic nitrogens is 4. The maximum atomic E-state index is 13.2. The molecule has 0 saturated carbocycles. The van der Waals surface area contributed by atoms with Crippen LogP contribution < -0.4 is 5.56 Å². The maximum absolute atomic E-state index is 13.2. The van der Waals surface area contributed by atoms with Crippen LogP contribution in [0.25, 0.3) is 21.7 Å². The van der Waals surface area contributed by atoms with E-state index in [9.17, 15) is 14.9 Å². The average molecular weight is 468 g/mol. The highest BCUT2D eigenvalue weighted by Crippen LogP contribution is 2.36. The molecule has 1 aromatic carbocycles. The van der Waals surface area contributed by atoms with E-state index in [2.05, 4.69) is 16.8 Å². The fourth-order valence-corrected chi connectivity index (χ4v) is 5.89. The van der Waals surface area contributed by atoms with Crippen molar-refractivity contribution in [3.05, 3.63) is 73.7 Å². The van der Waals surface area contributed by atoms with Gasteiger partial charge in [0.2, 0.25) is 11.8 Å². The standard InChI is InChI=1S/C21H17N5O4S2/c1-2-10-25-20(27)17-14-4-3-5-15(14)32-19(17)22-21(25)31-11-16-23-24-18(30-16)12-6-8-13(9-7-12)26(28)29/h2,6-9H,1,3-5,10-11H2. The monoisotopic (exact) mass is 467 g/mol. The Balaban J connectivity index is 1.41. The number of nitrogens with zero attached hydrogens (tertiary/aromatic N) is 5. The van der Waals surface area contributed by atoms with Gasteiger partial charge in [0, 0.05) is 29.1 Å². The van der Waals surface area contributed by atoms with Crippen molar-refractivity contribution in [3.63, 3.8) is 0 Å². The second-order valence-corrected chi connectivity index (χ2v) is 9.26. The normalized spacial score (nSPS) is 12.9. The molecule has 9 nitrogen and oxygen atoms in total. The predicted molar refractivity (Wildman–Crippen MR) is 122 cm³/mol. The van der Waals surface area contributed by atoms with E-state index in [1.54, 1.807) is 34.1 Å². The van der Waals surface area contributed by atoms with E-state index in [0.29, 0.717) is 28.9 Å². The van der Waals surface area contributed by atoms with E-state index in [-0.39, 0.29) is 17.1 Å². The molecule has 32 heavy (non-hydrogen) atoms. The van der Waals surface area contributed by atoms with Crippen LogP contribution in [0, 0.1) is 10.1 Å². The van der Waals surface area contributed by atoms with Gasteiger partial charge in [-0.05, 0) is 37.0 Å². The molecule has 0 saturated heterocycles. The van der Waals surface area contributed by atoms with Gasteiger partial charge in [-0.25, -0.2) is 4.98 Å². The molecule has 0 N–H and O–H groups in total. The fraction of sp³-hybridized carbons (Fsp3) is 0.238. The number of hydrogen-bond acceptors (Lipinski definition) is 9. The second-order valence-electron chi connectivity index (χ2n) is 7.23. The van der Waals surface area contributed by atoms with Crippen molar-refractivity contribution < 1.29 is 9.34 Å². The Morgan fingerprint density at radius 3 is 2.84 bits per heavy atom. The molecule has 0 fully saturated rings. The van der Waals surface area contributed by atoms with Crippen molar-refractivity contribution in [2.45, 2.75) is 36.7 Å². The van der Waals surface area contributed by atoms with Crippen molar-refractivity contribution in [2.24, 2.45) is 0 Å². The number of nitro benzene ring substituents is 1. The summed E-state index contributed by atoms with van der Waals surface area (Å²) in [5.41, 5.74) is 1.70. The quantitative estimate of drug-likeness (QED) is 0.129. The first-order valence-corrected chi connectivity index (χ1v) is 11.7. The maximum Gasteiger partial charge on any atom is 0.269 e. The molecule has 3 heterocycles. The molecule has 5 rings (SSSR count). The Morgan fingerprint density at radius 2 is 2.09 bits per heavy atom. The van der Waals surface area contributed by atoms with Crippen LogP contribution >= 0.6 is 23.1 Å². The van der Waals surface area contributed by atoms with Crippen LogP contribution in [0.5, 0.6) is 0 Å². The van der Waals surface area contributed by atoms with Gasteiger partial charge in [0.15, 0.2) is 5.16 Å². The molecular weight excluding hydrogens is 450 g/mol. The van der Waals surface area contributed by atoms with Crippen molar-refractivity contribution >= 4 is 39.0 Å². The first-order chi connectivity index (χ1) is 15.5. The number of thioether (sulfide) groups is 1. The molecule has 1 aliphatic rings. The Bertz CT molecular complexity index is 1400. The lowest BCUT2D eigenvalue weighted by atomic mass is 10.2. The molecular formula is C21H17N5O4S2. The Kier molecular flexibility index (Phi) is 5.35. The number of non-ortho nitro benzene ring substituents is 1. The topological polar surface area (TPSA) is 117 Å². The van der Waals surface area contributed by atoms with Crippen LogP contribution in [0.3, 0.4) is 0 Å². The number of thiophene rings is 1. The van der Waals surface area contributed by atoms with Gasteiger partial charge < -0.3 is 4.42 Å². The van der Waals surface area contributed by atoms with Gasteiger partial charge in [0.1, 0.15) is 4.83 Å². The van der Waals surface area contributed by atoms with Crippen molar-refractivity contribution in [3.8, 4) is 11.5 Å². The van der Waals surface area contributed by atoms with Crippen LogP contribution in [-0.2, 0) is 25.1 Å². The van der Waals surface area contributed by atoms with E-state index >= 15 is 0 Å². The zero-order chi connectivity index (χ0) is 22.2. The van der Waals surface area contributed by atoms with Gasteiger partial charge >= 0.3 is 0 Å². The van der Waals surface area contributed by atoms with Crippen LogP contribution in [0.2, 0.25) is 0 Å². The molecule has 1 aliphatic carbocycles. The Labute approximate surface area is 190 Å².